The molecule has 0 saturated carbocycles. The Labute approximate surface area is 151 Å². The van der Waals surface area contributed by atoms with Gasteiger partial charge in [-0.25, -0.2) is 0 Å². The first-order valence-corrected chi connectivity index (χ1v) is 11.4. The average molecular weight is 351 g/mol. The van der Waals surface area contributed by atoms with Gasteiger partial charge in [0.15, 0.2) is 9.04 Å². The summed E-state index contributed by atoms with van der Waals surface area (Å²) in [6, 6.07) is 13.3. The van der Waals surface area contributed by atoms with Gasteiger partial charge in [0.25, 0.3) is 0 Å². The molecule has 3 nitrogen and oxygen atoms in total. The van der Waals surface area contributed by atoms with Crippen molar-refractivity contribution in [3.8, 4) is 0 Å². The van der Waals surface area contributed by atoms with E-state index in [-0.39, 0.29) is 0 Å². The molecule has 1 unspecified atom stereocenters. The van der Waals surface area contributed by atoms with E-state index in [0.29, 0.717) is 5.41 Å². The van der Waals surface area contributed by atoms with Gasteiger partial charge in [-0.15, -0.1) is 0 Å². The first-order valence-electron chi connectivity index (χ1n) is 9.29. The van der Waals surface area contributed by atoms with Gasteiger partial charge in [0.1, 0.15) is 0 Å². The van der Waals surface area contributed by atoms with Crippen LogP contribution in [0.15, 0.2) is 30.3 Å². The number of hydrogen-bond donors (Lipinski definition) is 0. The van der Waals surface area contributed by atoms with Gasteiger partial charge in [-0.3, -0.25) is 0 Å². The van der Waals surface area contributed by atoms with Crippen molar-refractivity contribution < 1.29 is 4.43 Å². The molecule has 0 aliphatic heterocycles. The summed E-state index contributed by atoms with van der Waals surface area (Å²) in [7, 11) is 7.51. The molecule has 0 amide bonds. The third-order valence-electron chi connectivity index (χ3n) is 4.27. The molecule has 0 N–H and O–H groups in total. The maximum atomic E-state index is 6.37. The van der Waals surface area contributed by atoms with Gasteiger partial charge in [-0.1, -0.05) is 44.2 Å². The molecule has 0 radical (unpaired) electrons. The van der Waals surface area contributed by atoms with E-state index in [0.717, 1.165) is 32.5 Å². The van der Waals surface area contributed by atoms with Crippen LogP contribution in [0, 0.1) is 5.41 Å². The molecule has 0 aliphatic rings. The number of hydrogen-bond acceptors (Lipinski definition) is 3. The van der Waals surface area contributed by atoms with E-state index >= 15 is 0 Å². The second-order valence-corrected chi connectivity index (χ2v) is 10.6. The van der Waals surface area contributed by atoms with E-state index in [1.165, 1.54) is 17.7 Å². The molecule has 1 atom stereocenters. The second-order valence-electron chi connectivity index (χ2n) is 8.01. The lowest BCUT2D eigenvalue weighted by atomic mass is 9.92. The van der Waals surface area contributed by atoms with Gasteiger partial charge in [0.05, 0.1) is 0 Å². The highest BCUT2D eigenvalue weighted by atomic mass is 28.3. The molecule has 0 fully saturated rings. The van der Waals surface area contributed by atoms with E-state index < -0.39 is 9.04 Å². The number of nitrogens with zero attached hydrogens (tertiary/aromatic N) is 2. The van der Waals surface area contributed by atoms with Gasteiger partial charge < -0.3 is 14.2 Å². The highest BCUT2D eigenvalue weighted by Crippen LogP contribution is 2.28. The van der Waals surface area contributed by atoms with Crippen LogP contribution in [0.1, 0.15) is 25.8 Å². The summed E-state index contributed by atoms with van der Waals surface area (Å²) < 4.78 is 6.37. The zero-order chi connectivity index (χ0) is 18.0. The Morgan fingerprint density at radius 3 is 2.08 bits per heavy atom. The van der Waals surface area contributed by atoms with Crippen molar-refractivity contribution in [2.75, 3.05) is 47.9 Å². The summed E-state index contributed by atoms with van der Waals surface area (Å²) in [6.45, 7) is 7.81. The summed E-state index contributed by atoms with van der Waals surface area (Å²) in [4.78, 5) is 4.65. The average Bonchev–Trinajstić information content (AvgIpc) is 2.49. The fourth-order valence-corrected chi connectivity index (χ4v) is 6.83. The number of rotatable bonds is 12. The lowest BCUT2D eigenvalue weighted by Gasteiger charge is -2.37. The largest absolute Gasteiger partial charge is 0.420 e. The lowest BCUT2D eigenvalue weighted by molar-refractivity contribution is 0.173. The molecule has 1 rings (SSSR count). The van der Waals surface area contributed by atoms with Crippen molar-refractivity contribution in [1.29, 1.82) is 0 Å². The zero-order valence-electron chi connectivity index (χ0n) is 16.7. The van der Waals surface area contributed by atoms with Crippen molar-refractivity contribution in [2.45, 2.75) is 38.8 Å². The smallest absolute Gasteiger partial charge is 0.177 e. The van der Waals surface area contributed by atoms with Gasteiger partial charge in [0.2, 0.25) is 0 Å². The molecule has 138 valence electrons. The fraction of sp³-hybridized carbons (Fsp3) is 0.700. The summed E-state index contributed by atoms with van der Waals surface area (Å²) in [5, 5.41) is 0. The maximum Gasteiger partial charge on any atom is 0.177 e. The number of benzene rings is 1. The first kappa shape index (κ1) is 21.4. The highest BCUT2D eigenvalue weighted by Gasteiger charge is 2.31. The molecule has 1 aromatic carbocycles. The molecule has 0 aliphatic carbocycles. The van der Waals surface area contributed by atoms with Crippen molar-refractivity contribution in [3.05, 3.63) is 35.9 Å². The molecule has 0 saturated heterocycles. The summed E-state index contributed by atoms with van der Waals surface area (Å²) in [6.07, 6.45) is 2.27. The Bertz CT molecular complexity index is 427. The van der Waals surface area contributed by atoms with Crippen molar-refractivity contribution >= 4 is 9.04 Å². The predicted molar refractivity (Wildman–Crippen MR) is 108 cm³/mol. The first-order chi connectivity index (χ1) is 11.3. The van der Waals surface area contributed by atoms with E-state index in [9.17, 15) is 0 Å². The van der Waals surface area contributed by atoms with E-state index in [1.807, 2.05) is 0 Å². The minimum atomic E-state index is -1.22. The van der Waals surface area contributed by atoms with Crippen molar-refractivity contribution in [1.82, 2.24) is 9.80 Å². The van der Waals surface area contributed by atoms with Gasteiger partial charge in [-0.2, -0.15) is 0 Å². The molecular weight excluding hydrogens is 312 g/mol. The molecule has 0 aromatic heterocycles. The van der Waals surface area contributed by atoms with E-state index in [1.54, 1.807) is 0 Å². The van der Waals surface area contributed by atoms with Crippen LogP contribution >= 0.6 is 0 Å². The third kappa shape index (κ3) is 8.97. The Hall–Kier alpha value is -0.683. The van der Waals surface area contributed by atoms with Crippen LogP contribution in [0.25, 0.3) is 0 Å². The van der Waals surface area contributed by atoms with Crippen molar-refractivity contribution in [3.63, 3.8) is 0 Å². The molecule has 1 aromatic rings. The fourth-order valence-electron chi connectivity index (χ4n) is 3.76. The van der Waals surface area contributed by atoms with Crippen LogP contribution in [0.5, 0.6) is 0 Å². The number of aryl methyl sites for hydroxylation is 1. The van der Waals surface area contributed by atoms with Crippen LogP contribution in [0.2, 0.25) is 12.1 Å². The maximum absolute atomic E-state index is 6.37. The Morgan fingerprint density at radius 2 is 1.58 bits per heavy atom. The summed E-state index contributed by atoms with van der Waals surface area (Å²) in [5.74, 6) is 0. The molecule has 0 heterocycles. The minimum absolute atomic E-state index is 0.300. The van der Waals surface area contributed by atoms with Crippen LogP contribution in [0.3, 0.4) is 0 Å². The predicted octanol–water partition coefficient (Wildman–Crippen LogP) is 3.51. The topological polar surface area (TPSA) is 15.7 Å². The van der Waals surface area contributed by atoms with E-state index in [4.69, 9.17) is 4.43 Å². The van der Waals surface area contributed by atoms with Gasteiger partial charge in [-0.05, 0) is 64.1 Å². The van der Waals surface area contributed by atoms with Gasteiger partial charge >= 0.3 is 0 Å². The SMILES string of the molecule is CCCO[SiH](CCc1ccccc1)CC(C)(CN(C)C)CN(C)C. The van der Waals surface area contributed by atoms with Crippen molar-refractivity contribution in [2.24, 2.45) is 5.41 Å². The molecule has 4 heteroatoms. The minimum Gasteiger partial charge on any atom is -0.420 e. The van der Waals surface area contributed by atoms with Gasteiger partial charge in [0, 0.05) is 19.7 Å². The second kappa shape index (κ2) is 11.0. The highest BCUT2D eigenvalue weighted by molar-refractivity contribution is 6.52. The molecule has 0 spiro atoms. The van der Waals surface area contributed by atoms with Crippen LogP contribution in [0.4, 0.5) is 0 Å². The monoisotopic (exact) mass is 350 g/mol. The third-order valence-corrected chi connectivity index (χ3v) is 7.35. The molecular formula is C20H38N2OSi. The van der Waals surface area contributed by atoms with Crippen LogP contribution < -0.4 is 0 Å². The van der Waals surface area contributed by atoms with E-state index in [2.05, 4.69) is 82.2 Å². The standard InChI is InChI=1S/C20H38N2OSi/c1-7-14-23-24(15-13-19-11-9-8-10-12-19)18-20(2,16-21(3)4)17-22(5)6/h8-12,24H,7,13-18H2,1-6H3. The Morgan fingerprint density at radius 1 is 1.00 bits per heavy atom. The normalized spacial score (nSPS) is 13.7. The summed E-state index contributed by atoms with van der Waals surface area (Å²) >= 11 is 0. The molecule has 0 bridgehead atoms. The lowest BCUT2D eigenvalue weighted by Crippen LogP contribution is -2.43. The molecule has 24 heavy (non-hydrogen) atoms. The van der Waals surface area contributed by atoms with Crippen LogP contribution in [-0.2, 0) is 10.8 Å². The Kier molecular flexibility index (Phi) is 9.82. The van der Waals surface area contributed by atoms with Crippen LogP contribution in [-0.4, -0.2) is 66.7 Å². The summed E-state index contributed by atoms with van der Waals surface area (Å²) in [5.41, 5.74) is 1.74. The quantitative estimate of drug-likeness (QED) is 0.537. The zero-order valence-corrected chi connectivity index (χ0v) is 17.9. The Balaban J connectivity index is 2.72.